The first-order valence-corrected chi connectivity index (χ1v) is 4.86. The first-order chi connectivity index (χ1) is 6.70. The van der Waals surface area contributed by atoms with Gasteiger partial charge in [0.25, 0.3) is 0 Å². The fraction of sp³-hybridized carbons (Fsp3) is 0.889. The molecule has 3 N–H and O–H groups in total. The van der Waals surface area contributed by atoms with E-state index >= 15 is 0 Å². The Balaban J connectivity index is 2.54. The number of carbonyl (C=O) groups excluding carboxylic acids is 1. The summed E-state index contributed by atoms with van der Waals surface area (Å²) in [7, 11) is 0. The summed E-state index contributed by atoms with van der Waals surface area (Å²) in [6, 6.07) is -0.132. The summed E-state index contributed by atoms with van der Waals surface area (Å²) < 4.78 is 37.0. The highest BCUT2D eigenvalue weighted by Gasteiger charge is 2.55. The van der Waals surface area contributed by atoms with Gasteiger partial charge in [0.05, 0.1) is 0 Å². The topological polar surface area (TPSA) is 55.1 Å². The van der Waals surface area contributed by atoms with Gasteiger partial charge >= 0.3 is 6.18 Å². The van der Waals surface area contributed by atoms with Crippen molar-refractivity contribution in [3.63, 3.8) is 0 Å². The molecule has 0 saturated heterocycles. The van der Waals surface area contributed by atoms with Crippen molar-refractivity contribution >= 4 is 5.91 Å². The average molecular weight is 224 g/mol. The van der Waals surface area contributed by atoms with Gasteiger partial charge in [-0.3, -0.25) is 4.79 Å². The van der Waals surface area contributed by atoms with Crippen LogP contribution < -0.4 is 11.1 Å². The maximum absolute atomic E-state index is 12.3. The van der Waals surface area contributed by atoms with E-state index in [1.807, 2.05) is 6.92 Å². The van der Waals surface area contributed by atoms with Crippen LogP contribution in [0.5, 0.6) is 0 Å². The van der Waals surface area contributed by atoms with Gasteiger partial charge in [-0.2, -0.15) is 13.2 Å². The number of alkyl halides is 3. The molecule has 1 aliphatic carbocycles. The van der Waals surface area contributed by atoms with Crippen LogP contribution in [0.4, 0.5) is 13.2 Å². The molecule has 6 heteroatoms. The number of nitrogens with two attached hydrogens (primary N) is 1. The molecule has 0 heterocycles. The Bertz CT molecular complexity index is 263. The van der Waals surface area contributed by atoms with E-state index in [9.17, 15) is 18.0 Å². The van der Waals surface area contributed by atoms with Crippen molar-refractivity contribution in [3.8, 4) is 0 Å². The minimum Gasteiger partial charge on any atom is -0.351 e. The lowest BCUT2D eigenvalue weighted by atomic mass is 10.0. The maximum Gasteiger partial charge on any atom is 0.415 e. The molecule has 0 aromatic carbocycles. The van der Waals surface area contributed by atoms with E-state index in [4.69, 9.17) is 5.73 Å². The van der Waals surface area contributed by atoms with Crippen LogP contribution in [0.15, 0.2) is 0 Å². The molecular formula is C9H15F3N2O. The van der Waals surface area contributed by atoms with Gasteiger partial charge in [0.2, 0.25) is 5.91 Å². The molecule has 3 unspecified atom stereocenters. The summed E-state index contributed by atoms with van der Waals surface area (Å²) in [6.07, 6.45) is -3.11. The molecule has 3 nitrogen and oxygen atoms in total. The lowest BCUT2D eigenvalue weighted by molar-refractivity contribution is -0.187. The summed E-state index contributed by atoms with van der Waals surface area (Å²) in [5.41, 5.74) is 2.17. The lowest BCUT2D eigenvalue weighted by Gasteiger charge is -2.26. The van der Waals surface area contributed by atoms with Gasteiger partial charge in [-0.1, -0.05) is 13.3 Å². The van der Waals surface area contributed by atoms with Gasteiger partial charge in [-0.05, 0) is 19.3 Å². The van der Waals surface area contributed by atoms with Crippen LogP contribution in [0.1, 0.15) is 26.7 Å². The third kappa shape index (κ3) is 2.42. The molecule has 1 aliphatic rings. The molecule has 0 aromatic rings. The van der Waals surface area contributed by atoms with Crippen LogP contribution in [-0.4, -0.2) is 23.7 Å². The standard InChI is InChI=1S/C9H15F3N2O/c1-3-5-4-6(5)14-7(15)8(2,13)9(10,11)12/h5-6H,3-4,13H2,1-2H3,(H,14,15). The third-order valence-electron chi connectivity index (χ3n) is 2.82. The second-order valence-corrected chi connectivity index (χ2v) is 4.18. The van der Waals surface area contributed by atoms with Crippen LogP contribution in [0, 0.1) is 5.92 Å². The van der Waals surface area contributed by atoms with E-state index in [1.54, 1.807) is 0 Å². The van der Waals surface area contributed by atoms with Crippen molar-refractivity contribution in [2.75, 3.05) is 0 Å². The van der Waals surface area contributed by atoms with E-state index in [1.165, 1.54) is 0 Å². The van der Waals surface area contributed by atoms with Gasteiger partial charge in [0.15, 0.2) is 5.54 Å². The first kappa shape index (κ1) is 12.3. The Labute approximate surface area is 86.2 Å². The summed E-state index contributed by atoms with van der Waals surface area (Å²) in [5, 5.41) is 2.32. The molecule has 0 spiro atoms. The predicted octanol–water partition coefficient (Wildman–Crippen LogP) is 1.18. The molecule has 1 rings (SSSR count). The van der Waals surface area contributed by atoms with E-state index < -0.39 is 17.6 Å². The minimum atomic E-state index is -4.71. The van der Waals surface area contributed by atoms with E-state index in [0.29, 0.717) is 12.8 Å². The van der Waals surface area contributed by atoms with Crippen molar-refractivity contribution in [3.05, 3.63) is 0 Å². The number of nitrogens with one attached hydrogen (secondary N) is 1. The zero-order valence-electron chi connectivity index (χ0n) is 8.69. The largest absolute Gasteiger partial charge is 0.415 e. The molecular weight excluding hydrogens is 209 g/mol. The number of halogens is 3. The summed E-state index contributed by atoms with van der Waals surface area (Å²) in [6.45, 7) is 2.62. The Hall–Kier alpha value is -0.780. The molecule has 0 aromatic heterocycles. The fourth-order valence-corrected chi connectivity index (χ4v) is 1.32. The van der Waals surface area contributed by atoms with Crippen molar-refractivity contribution in [1.29, 1.82) is 0 Å². The molecule has 15 heavy (non-hydrogen) atoms. The molecule has 0 bridgehead atoms. The zero-order valence-corrected chi connectivity index (χ0v) is 8.69. The normalized spacial score (nSPS) is 29.5. The van der Waals surface area contributed by atoms with E-state index in [0.717, 1.165) is 12.8 Å². The number of carbonyl (C=O) groups is 1. The van der Waals surface area contributed by atoms with Gasteiger partial charge in [-0.25, -0.2) is 0 Å². The van der Waals surface area contributed by atoms with Crippen LogP contribution in [0.2, 0.25) is 0 Å². The van der Waals surface area contributed by atoms with Crippen LogP contribution in [0.25, 0.3) is 0 Å². The number of rotatable bonds is 3. The Morgan fingerprint density at radius 3 is 2.40 bits per heavy atom. The van der Waals surface area contributed by atoms with Crippen molar-refractivity contribution in [2.45, 2.75) is 44.4 Å². The van der Waals surface area contributed by atoms with Crippen molar-refractivity contribution in [2.24, 2.45) is 11.7 Å². The Morgan fingerprint density at radius 1 is 1.53 bits per heavy atom. The molecule has 0 aliphatic heterocycles. The zero-order chi connectivity index (χ0) is 11.9. The first-order valence-electron chi connectivity index (χ1n) is 4.86. The summed E-state index contributed by atoms with van der Waals surface area (Å²) in [4.78, 5) is 11.3. The second-order valence-electron chi connectivity index (χ2n) is 4.18. The van der Waals surface area contributed by atoms with Crippen molar-refractivity contribution in [1.82, 2.24) is 5.32 Å². The lowest BCUT2D eigenvalue weighted by Crippen LogP contribution is -2.61. The molecule has 88 valence electrons. The average Bonchev–Trinajstić information content (AvgIpc) is 2.81. The van der Waals surface area contributed by atoms with E-state index in [-0.39, 0.29) is 6.04 Å². The smallest absolute Gasteiger partial charge is 0.351 e. The third-order valence-corrected chi connectivity index (χ3v) is 2.82. The highest BCUT2D eigenvalue weighted by atomic mass is 19.4. The molecule has 1 fully saturated rings. The van der Waals surface area contributed by atoms with Crippen molar-refractivity contribution < 1.29 is 18.0 Å². The van der Waals surface area contributed by atoms with Gasteiger partial charge < -0.3 is 11.1 Å². The van der Waals surface area contributed by atoms with Crippen LogP contribution >= 0.6 is 0 Å². The summed E-state index contributed by atoms with van der Waals surface area (Å²) >= 11 is 0. The van der Waals surface area contributed by atoms with Crippen LogP contribution in [0.3, 0.4) is 0 Å². The second kappa shape index (κ2) is 3.66. The molecule has 1 amide bonds. The van der Waals surface area contributed by atoms with Crippen LogP contribution in [-0.2, 0) is 4.79 Å². The van der Waals surface area contributed by atoms with Gasteiger partial charge in [0, 0.05) is 6.04 Å². The molecule has 0 radical (unpaired) electrons. The number of amides is 1. The number of hydrogen-bond acceptors (Lipinski definition) is 2. The quantitative estimate of drug-likeness (QED) is 0.756. The number of hydrogen-bond donors (Lipinski definition) is 2. The molecule has 3 atom stereocenters. The SMILES string of the molecule is CCC1CC1NC(=O)C(C)(N)C(F)(F)F. The summed E-state index contributed by atoms with van der Waals surface area (Å²) in [5.74, 6) is -0.839. The highest BCUT2D eigenvalue weighted by Crippen LogP contribution is 2.35. The molecule has 1 saturated carbocycles. The monoisotopic (exact) mass is 224 g/mol. The maximum atomic E-state index is 12.3. The Kier molecular flexibility index (Phi) is 3.00. The van der Waals surface area contributed by atoms with Gasteiger partial charge in [-0.15, -0.1) is 0 Å². The Morgan fingerprint density at radius 2 is 2.07 bits per heavy atom. The van der Waals surface area contributed by atoms with E-state index in [2.05, 4.69) is 5.32 Å². The highest BCUT2D eigenvalue weighted by molar-refractivity contribution is 5.87. The predicted molar refractivity (Wildman–Crippen MR) is 49.0 cm³/mol. The fourth-order valence-electron chi connectivity index (χ4n) is 1.32. The van der Waals surface area contributed by atoms with Gasteiger partial charge in [0.1, 0.15) is 0 Å². The minimum absolute atomic E-state index is 0.132.